The normalized spacial score (nSPS) is 11.1. The van der Waals surface area contributed by atoms with Gasteiger partial charge >= 0.3 is 0 Å². The van der Waals surface area contributed by atoms with Gasteiger partial charge in [0, 0.05) is 20.0 Å². The number of carbonyl (C=O) groups excluding carboxylic acids is 2. The Bertz CT molecular complexity index is 367. The number of aromatic nitrogens is 2. The fourth-order valence-corrected chi connectivity index (χ4v) is 0.866. The van der Waals surface area contributed by atoms with Crippen LogP contribution in [0.4, 0.5) is 0 Å². The van der Waals surface area contributed by atoms with Crippen LogP contribution in [0.15, 0.2) is 17.3 Å². The first kappa shape index (κ1) is 10.1. The molecule has 2 N–H and O–H groups in total. The maximum Gasteiger partial charge on any atom is 0.244 e. The Balaban J connectivity index is 2.94. The van der Waals surface area contributed by atoms with E-state index in [1.807, 2.05) is 0 Å². The first-order valence-corrected chi connectivity index (χ1v) is 3.96. The Labute approximate surface area is 80.4 Å². The zero-order chi connectivity index (χ0) is 10.6. The summed E-state index contributed by atoms with van der Waals surface area (Å²) in [6, 6.07) is 1.61. The van der Waals surface area contributed by atoms with E-state index in [1.54, 1.807) is 12.3 Å². The SMILES string of the molecule is CC(=O)/N=C(/NC(C)=O)c1cc[nH]n1. The van der Waals surface area contributed by atoms with Crippen LogP contribution in [0.2, 0.25) is 0 Å². The van der Waals surface area contributed by atoms with E-state index in [1.165, 1.54) is 13.8 Å². The number of carbonyl (C=O) groups is 2. The quantitative estimate of drug-likeness (QED) is 0.481. The highest BCUT2D eigenvalue weighted by Crippen LogP contribution is 1.93. The van der Waals surface area contributed by atoms with E-state index in [2.05, 4.69) is 20.5 Å². The molecule has 0 radical (unpaired) electrons. The van der Waals surface area contributed by atoms with Gasteiger partial charge < -0.3 is 5.32 Å². The van der Waals surface area contributed by atoms with Crippen molar-refractivity contribution in [1.29, 1.82) is 0 Å². The maximum absolute atomic E-state index is 10.8. The minimum atomic E-state index is -0.392. The molecule has 1 rings (SSSR count). The van der Waals surface area contributed by atoms with Crippen LogP contribution < -0.4 is 5.32 Å². The largest absolute Gasteiger partial charge is 0.309 e. The molecule has 6 nitrogen and oxygen atoms in total. The Hall–Kier alpha value is -1.98. The van der Waals surface area contributed by atoms with Crippen molar-refractivity contribution in [1.82, 2.24) is 15.5 Å². The number of aromatic amines is 1. The summed E-state index contributed by atoms with van der Waals surface area (Å²) in [4.78, 5) is 25.2. The first-order valence-electron chi connectivity index (χ1n) is 3.96. The zero-order valence-electron chi connectivity index (χ0n) is 7.87. The second kappa shape index (κ2) is 4.31. The van der Waals surface area contributed by atoms with Gasteiger partial charge in [0.1, 0.15) is 5.69 Å². The van der Waals surface area contributed by atoms with Gasteiger partial charge in [-0.05, 0) is 6.07 Å². The molecule has 1 aromatic rings. The number of aliphatic imine (C=N–C) groups is 1. The molecule has 0 unspecified atom stereocenters. The Morgan fingerprint density at radius 1 is 1.50 bits per heavy atom. The average Bonchev–Trinajstić information content (AvgIpc) is 2.52. The van der Waals surface area contributed by atoms with E-state index in [9.17, 15) is 9.59 Å². The number of hydrogen-bond acceptors (Lipinski definition) is 3. The Morgan fingerprint density at radius 3 is 2.64 bits per heavy atom. The monoisotopic (exact) mass is 194 g/mol. The molecule has 0 fully saturated rings. The topological polar surface area (TPSA) is 87.2 Å². The highest BCUT2D eigenvalue weighted by atomic mass is 16.2. The first-order chi connectivity index (χ1) is 6.59. The molecular formula is C8H10N4O2. The molecule has 0 aliphatic heterocycles. The molecule has 74 valence electrons. The molecule has 1 heterocycles. The molecule has 0 aliphatic rings. The third kappa shape index (κ3) is 2.81. The van der Waals surface area contributed by atoms with Gasteiger partial charge in [-0.15, -0.1) is 0 Å². The lowest BCUT2D eigenvalue weighted by molar-refractivity contribution is -0.117. The summed E-state index contributed by atoms with van der Waals surface area (Å²) >= 11 is 0. The van der Waals surface area contributed by atoms with Gasteiger partial charge in [-0.25, -0.2) is 0 Å². The van der Waals surface area contributed by atoms with Crippen LogP contribution in [0.3, 0.4) is 0 Å². The van der Waals surface area contributed by atoms with E-state index in [0.717, 1.165) is 0 Å². The summed E-state index contributed by atoms with van der Waals surface area (Å²) in [5.41, 5.74) is 0.426. The van der Waals surface area contributed by atoms with Gasteiger partial charge in [0.05, 0.1) is 0 Å². The van der Waals surface area contributed by atoms with Gasteiger partial charge in [0.25, 0.3) is 0 Å². The standard InChI is InChI=1S/C8H10N4O2/c1-5(13)10-8(11-6(2)14)7-3-4-9-12-7/h3-4H,1-2H3,(H,9,12)(H,10,11,13,14). The van der Waals surface area contributed by atoms with Gasteiger partial charge in [-0.1, -0.05) is 0 Å². The molecule has 0 saturated carbocycles. The summed E-state index contributed by atoms with van der Waals surface area (Å²) in [6.45, 7) is 2.64. The highest BCUT2D eigenvalue weighted by molar-refractivity contribution is 6.10. The van der Waals surface area contributed by atoms with Crippen LogP contribution in [0.25, 0.3) is 0 Å². The van der Waals surface area contributed by atoms with Crippen molar-refractivity contribution >= 4 is 17.6 Å². The lowest BCUT2D eigenvalue weighted by atomic mass is 10.4. The van der Waals surface area contributed by atoms with E-state index >= 15 is 0 Å². The third-order valence-electron chi connectivity index (χ3n) is 1.31. The Kier molecular flexibility index (Phi) is 3.11. The van der Waals surface area contributed by atoms with E-state index in [-0.39, 0.29) is 11.7 Å². The molecule has 2 amide bonds. The second-order valence-electron chi connectivity index (χ2n) is 2.62. The average molecular weight is 194 g/mol. The zero-order valence-corrected chi connectivity index (χ0v) is 7.87. The van der Waals surface area contributed by atoms with Crippen LogP contribution in [0, 0.1) is 0 Å². The molecule has 0 aromatic carbocycles. The van der Waals surface area contributed by atoms with E-state index < -0.39 is 5.91 Å². The van der Waals surface area contributed by atoms with Crippen molar-refractivity contribution in [3.05, 3.63) is 18.0 Å². The third-order valence-corrected chi connectivity index (χ3v) is 1.31. The molecule has 0 aliphatic carbocycles. The van der Waals surface area contributed by atoms with Gasteiger partial charge in [-0.2, -0.15) is 10.1 Å². The number of amidine groups is 1. The van der Waals surface area contributed by atoms with Crippen molar-refractivity contribution in [3.63, 3.8) is 0 Å². The minimum absolute atomic E-state index is 0.159. The van der Waals surface area contributed by atoms with Gasteiger partial charge in [0.15, 0.2) is 5.84 Å². The molecule has 14 heavy (non-hydrogen) atoms. The molecular weight excluding hydrogens is 184 g/mol. The predicted octanol–water partition coefficient (Wildman–Crippen LogP) is -0.161. The second-order valence-corrected chi connectivity index (χ2v) is 2.62. The Morgan fingerprint density at radius 2 is 2.21 bits per heavy atom. The summed E-state index contributed by atoms with van der Waals surface area (Å²) in [6.07, 6.45) is 1.58. The smallest absolute Gasteiger partial charge is 0.244 e. The molecule has 0 atom stereocenters. The van der Waals surface area contributed by atoms with Crippen LogP contribution >= 0.6 is 0 Å². The molecule has 0 saturated heterocycles. The number of amides is 2. The number of hydrogen-bond donors (Lipinski definition) is 2. The van der Waals surface area contributed by atoms with Crippen LogP contribution in [-0.2, 0) is 9.59 Å². The van der Waals surface area contributed by atoms with Crippen molar-refractivity contribution in [2.75, 3.05) is 0 Å². The van der Waals surface area contributed by atoms with Crippen molar-refractivity contribution in [3.8, 4) is 0 Å². The number of nitrogens with one attached hydrogen (secondary N) is 2. The fourth-order valence-electron chi connectivity index (χ4n) is 0.866. The molecule has 1 aromatic heterocycles. The van der Waals surface area contributed by atoms with Crippen molar-refractivity contribution in [2.45, 2.75) is 13.8 Å². The van der Waals surface area contributed by atoms with Crippen molar-refractivity contribution in [2.24, 2.45) is 4.99 Å². The predicted molar refractivity (Wildman–Crippen MR) is 49.6 cm³/mol. The summed E-state index contributed by atoms with van der Waals surface area (Å²) in [7, 11) is 0. The van der Waals surface area contributed by atoms with Crippen LogP contribution in [0.5, 0.6) is 0 Å². The van der Waals surface area contributed by atoms with Crippen molar-refractivity contribution < 1.29 is 9.59 Å². The van der Waals surface area contributed by atoms with Crippen LogP contribution in [-0.4, -0.2) is 27.8 Å². The summed E-state index contributed by atoms with van der Waals surface area (Å²) in [5.74, 6) is -0.531. The van der Waals surface area contributed by atoms with E-state index in [4.69, 9.17) is 0 Å². The molecule has 0 bridgehead atoms. The summed E-state index contributed by atoms with van der Waals surface area (Å²) in [5, 5.41) is 8.78. The lowest BCUT2D eigenvalue weighted by Crippen LogP contribution is -2.30. The summed E-state index contributed by atoms with van der Waals surface area (Å²) < 4.78 is 0. The maximum atomic E-state index is 10.8. The lowest BCUT2D eigenvalue weighted by Gasteiger charge is -2.01. The fraction of sp³-hybridized carbons (Fsp3) is 0.250. The molecule has 0 spiro atoms. The van der Waals surface area contributed by atoms with E-state index in [0.29, 0.717) is 5.69 Å². The molecule has 6 heteroatoms. The van der Waals surface area contributed by atoms with Gasteiger partial charge in [0.2, 0.25) is 11.8 Å². The number of rotatable bonds is 1. The highest BCUT2D eigenvalue weighted by Gasteiger charge is 2.08. The number of nitrogens with zero attached hydrogens (tertiary/aromatic N) is 2. The van der Waals surface area contributed by atoms with Crippen LogP contribution in [0.1, 0.15) is 19.5 Å². The minimum Gasteiger partial charge on any atom is -0.309 e. The van der Waals surface area contributed by atoms with Gasteiger partial charge in [-0.3, -0.25) is 14.7 Å². The number of H-pyrrole nitrogens is 1.